The van der Waals surface area contributed by atoms with E-state index in [1.54, 1.807) is 13.8 Å². The molecular weight excluding hydrogens is 558 g/mol. The Bertz CT molecular complexity index is 975. The third-order valence-corrected chi connectivity index (χ3v) is 10.4. The fourth-order valence-corrected chi connectivity index (χ4v) is 8.06. The molecule has 3 N–H and O–H groups in total. The monoisotopic (exact) mass is 608 g/mol. The van der Waals surface area contributed by atoms with Gasteiger partial charge in [-0.05, 0) is 114 Å². The second-order valence-corrected chi connectivity index (χ2v) is 14.1. The zero-order valence-electron chi connectivity index (χ0n) is 25.5. The highest BCUT2D eigenvalue weighted by Gasteiger charge is 2.72. The molecule has 3 rings (SSSR count). The van der Waals surface area contributed by atoms with Crippen LogP contribution < -0.4 is 0 Å². The van der Waals surface area contributed by atoms with Crippen LogP contribution in [0.15, 0.2) is 35.5 Å². The van der Waals surface area contributed by atoms with Crippen molar-refractivity contribution in [3.05, 3.63) is 35.5 Å². The highest BCUT2D eigenvalue weighted by Crippen LogP contribution is 2.60. The number of aliphatic hydroxyl groups is 3. The van der Waals surface area contributed by atoms with Gasteiger partial charge in [-0.25, -0.2) is 0 Å². The van der Waals surface area contributed by atoms with Gasteiger partial charge in [0.2, 0.25) is 0 Å². The number of fused-ring (bicyclic) bond motifs is 1. The van der Waals surface area contributed by atoms with Gasteiger partial charge in [0.05, 0.1) is 11.7 Å². The Morgan fingerprint density at radius 2 is 1.62 bits per heavy atom. The Kier molecular flexibility index (Phi) is 11.2. The van der Waals surface area contributed by atoms with Gasteiger partial charge in [-0.2, -0.15) is 26.3 Å². The normalized spacial score (nSPS) is 31.6. The lowest BCUT2D eigenvalue weighted by Crippen LogP contribution is -2.60. The lowest BCUT2D eigenvalue weighted by molar-refractivity contribution is -0.378. The van der Waals surface area contributed by atoms with E-state index in [9.17, 15) is 41.7 Å². The van der Waals surface area contributed by atoms with Crippen molar-refractivity contribution in [1.29, 1.82) is 0 Å². The van der Waals surface area contributed by atoms with Crippen molar-refractivity contribution < 1.29 is 41.7 Å². The van der Waals surface area contributed by atoms with Crippen molar-refractivity contribution in [2.75, 3.05) is 0 Å². The predicted octanol–water partition coefficient (Wildman–Crippen LogP) is 8.99. The van der Waals surface area contributed by atoms with Crippen LogP contribution in [-0.4, -0.2) is 45.0 Å². The van der Waals surface area contributed by atoms with E-state index in [4.69, 9.17) is 0 Å². The Hall–Kier alpha value is -1.32. The summed E-state index contributed by atoms with van der Waals surface area (Å²) in [5.74, 6) is -1.57. The van der Waals surface area contributed by atoms with E-state index in [0.717, 1.165) is 64.4 Å². The summed E-state index contributed by atoms with van der Waals surface area (Å²) in [7, 11) is 0. The van der Waals surface area contributed by atoms with Gasteiger partial charge < -0.3 is 15.3 Å². The molecule has 4 unspecified atom stereocenters. The van der Waals surface area contributed by atoms with Crippen LogP contribution in [0, 0.1) is 29.1 Å². The van der Waals surface area contributed by atoms with Gasteiger partial charge in [0.25, 0.3) is 5.60 Å². The van der Waals surface area contributed by atoms with Crippen LogP contribution in [0.5, 0.6) is 0 Å². The summed E-state index contributed by atoms with van der Waals surface area (Å²) >= 11 is 0. The van der Waals surface area contributed by atoms with E-state index in [-0.39, 0.29) is 23.4 Å². The summed E-state index contributed by atoms with van der Waals surface area (Å²) in [6, 6.07) is 0. The van der Waals surface area contributed by atoms with Crippen LogP contribution in [0.1, 0.15) is 111 Å². The average molecular weight is 609 g/mol. The van der Waals surface area contributed by atoms with E-state index in [2.05, 4.69) is 19.1 Å². The molecular formula is C33H50F6O3. The fraction of sp³-hybridized carbons (Fsp3) is 0.818. The summed E-state index contributed by atoms with van der Waals surface area (Å²) in [5, 5.41) is 30.1. The van der Waals surface area contributed by atoms with Crippen molar-refractivity contribution in [2.45, 2.75) is 141 Å². The topological polar surface area (TPSA) is 60.7 Å². The lowest BCUT2D eigenvalue weighted by atomic mass is 9.60. The van der Waals surface area contributed by atoms with E-state index < -0.39 is 29.5 Å². The zero-order chi connectivity index (χ0) is 31.6. The van der Waals surface area contributed by atoms with Gasteiger partial charge in [-0.15, -0.1) is 0 Å². The molecule has 242 valence electrons. The highest BCUT2D eigenvalue weighted by atomic mass is 19.4. The van der Waals surface area contributed by atoms with Crippen molar-refractivity contribution in [3.63, 3.8) is 0 Å². The maximum absolute atomic E-state index is 13.4. The smallest absolute Gasteiger partial charge is 0.393 e. The molecule has 0 saturated heterocycles. The summed E-state index contributed by atoms with van der Waals surface area (Å²) < 4.78 is 80.3. The molecule has 0 spiro atoms. The van der Waals surface area contributed by atoms with Crippen LogP contribution in [0.4, 0.5) is 26.3 Å². The second-order valence-electron chi connectivity index (χ2n) is 14.1. The largest absolute Gasteiger partial charge is 0.426 e. The molecule has 0 aromatic heterocycles. The summed E-state index contributed by atoms with van der Waals surface area (Å²) in [5.41, 5.74) is -3.05. The molecule has 0 aromatic rings. The second kappa shape index (κ2) is 13.4. The summed E-state index contributed by atoms with van der Waals surface area (Å²) in [6.07, 6.45) is 5.46. The van der Waals surface area contributed by atoms with Crippen molar-refractivity contribution in [3.8, 4) is 0 Å². The standard InChI is InChI=1S/C33H50F6O3/c1-22(31(42,32(34,35)36)33(37,38)39)9-5-11-24(12-7-19-29(2,3)41)27-17-18-28-25(13-8-20-30(27,28)4)16-15-23-10-6-14-26(40)21-23/h5,9,15-16,22,24,26-28,40-42H,6-8,10-14,17-21H2,1-4H3/b9-5+,23-15-,25-16+/t22?,24?,26-,27?,28?,30+/m0/s1. The molecule has 0 aromatic carbocycles. The Morgan fingerprint density at radius 1 is 0.952 bits per heavy atom. The van der Waals surface area contributed by atoms with E-state index in [1.165, 1.54) is 17.2 Å². The Morgan fingerprint density at radius 3 is 2.21 bits per heavy atom. The molecule has 6 atom stereocenters. The number of halogens is 6. The molecule has 3 aliphatic rings. The van der Waals surface area contributed by atoms with Gasteiger partial charge >= 0.3 is 12.4 Å². The average Bonchev–Trinajstić information content (AvgIpc) is 3.21. The number of hydrogen-bond acceptors (Lipinski definition) is 3. The first-order valence-corrected chi connectivity index (χ1v) is 15.6. The van der Waals surface area contributed by atoms with Crippen LogP contribution in [0.2, 0.25) is 0 Å². The predicted molar refractivity (Wildman–Crippen MR) is 152 cm³/mol. The fourth-order valence-electron chi connectivity index (χ4n) is 8.06. The summed E-state index contributed by atoms with van der Waals surface area (Å²) in [6.45, 7) is 6.50. The number of hydrogen-bond donors (Lipinski definition) is 3. The Balaban J connectivity index is 1.82. The van der Waals surface area contributed by atoms with Crippen LogP contribution >= 0.6 is 0 Å². The Labute approximate surface area is 247 Å². The van der Waals surface area contributed by atoms with E-state index in [1.807, 2.05) is 0 Å². The van der Waals surface area contributed by atoms with E-state index >= 15 is 0 Å². The maximum Gasteiger partial charge on any atom is 0.426 e. The maximum atomic E-state index is 13.4. The van der Waals surface area contributed by atoms with Gasteiger partial charge in [0.1, 0.15) is 0 Å². The number of alkyl halides is 6. The first kappa shape index (κ1) is 35.2. The van der Waals surface area contributed by atoms with Crippen molar-refractivity contribution in [1.82, 2.24) is 0 Å². The molecule has 9 heteroatoms. The molecule has 42 heavy (non-hydrogen) atoms. The SMILES string of the molecule is CC(/C=C/CC(CCCC(C)(C)O)C1CCC2/C(=C/C=C3/CCC[C@H](O)C3)CCC[C@@]21C)C(O)(C(F)(F)F)C(F)(F)F. The number of aliphatic hydroxyl groups excluding tert-OH is 1. The van der Waals surface area contributed by atoms with Crippen LogP contribution in [0.25, 0.3) is 0 Å². The van der Waals surface area contributed by atoms with Gasteiger partial charge in [-0.1, -0.05) is 55.7 Å². The first-order valence-electron chi connectivity index (χ1n) is 15.6. The molecule has 0 amide bonds. The zero-order valence-corrected chi connectivity index (χ0v) is 25.5. The highest BCUT2D eigenvalue weighted by molar-refractivity contribution is 5.26. The quantitative estimate of drug-likeness (QED) is 0.171. The molecule has 3 nitrogen and oxygen atoms in total. The van der Waals surface area contributed by atoms with Crippen LogP contribution in [-0.2, 0) is 0 Å². The van der Waals surface area contributed by atoms with Crippen molar-refractivity contribution in [2.24, 2.45) is 29.1 Å². The van der Waals surface area contributed by atoms with Gasteiger partial charge in [-0.3, -0.25) is 0 Å². The minimum Gasteiger partial charge on any atom is -0.393 e. The minimum absolute atomic E-state index is 0.0295. The third-order valence-electron chi connectivity index (χ3n) is 10.4. The van der Waals surface area contributed by atoms with Crippen molar-refractivity contribution >= 4 is 0 Å². The minimum atomic E-state index is -5.86. The number of rotatable bonds is 10. The van der Waals surface area contributed by atoms with Gasteiger partial charge in [0.15, 0.2) is 0 Å². The summed E-state index contributed by atoms with van der Waals surface area (Å²) in [4.78, 5) is 0. The third kappa shape index (κ3) is 8.03. The molecule has 0 aliphatic heterocycles. The molecule has 0 radical (unpaired) electrons. The molecule has 0 heterocycles. The first-order chi connectivity index (χ1) is 19.3. The van der Waals surface area contributed by atoms with E-state index in [0.29, 0.717) is 38.0 Å². The number of allylic oxidation sites excluding steroid dienone is 4. The van der Waals surface area contributed by atoms with Gasteiger partial charge in [0, 0.05) is 5.92 Å². The molecule has 3 saturated carbocycles. The molecule has 3 fully saturated rings. The molecule has 0 bridgehead atoms. The molecule has 3 aliphatic carbocycles. The van der Waals surface area contributed by atoms with Crippen LogP contribution in [0.3, 0.4) is 0 Å². The lowest BCUT2D eigenvalue weighted by Gasteiger charge is -2.45.